The Bertz CT molecular complexity index is 1390. The summed E-state index contributed by atoms with van der Waals surface area (Å²) < 4.78 is 56.6. The summed E-state index contributed by atoms with van der Waals surface area (Å²) in [7, 11) is -1.32. The predicted octanol–water partition coefficient (Wildman–Crippen LogP) is 4.72. The average molecular weight is 532 g/mol. The molecule has 0 bridgehead atoms. The molecule has 0 amide bonds. The van der Waals surface area contributed by atoms with Gasteiger partial charge in [0.05, 0.1) is 22.5 Å². The van der Waals surface area contributed by atoms with Gasteiger partial charge in [-0.3, -0.25) is 4.31 Å². The van der Waals surface area contributed by atoms with Gasteiger partial charge in [-0.05, 0) is 45.6 Å². The van der Waals surface area contributed by atoms with Crippen molar-refractivity contribution in [1.82, 2.24) is 20.3 Å². The van der Waals surface area contributed by atoms with Crippen LogP contribution in [0.2, 0.25) is 0 Å². The number of hydrogen-bond donors (Lipinski definition) is 3. The molecule has 2 fully saturated rings. The van der Waals surface area contributed by atoms with E-state index >= 15 is 0 Å². The van der Waals surface area contributed by atoms with Gasteiger partial charge in [0.15, 0.2) is 0 Å². The van der Waals surface area contributed by atoms with Crippen molar-refractivity contribution in [2.24, 2.45) is 0 Å². The number of nitriles is 1. The summed E-state index contributed by atoms with van der Waals surface area (Å²) in [5.74, 6) is 0.594. The number of benzene rings is 1. The Balaban J connectivity index is 1.59. The van der Waals surface area contributed by atoms with Crippen LogP contribution in [0.25, 0.3) is 22.2 Å². The number of rotatable bonds is 4. The molecule has 8 nitrogen and oxygen atoms in total. The summed E-state index contributed by atoms with van der Waals surface area (Å²) in [6.45, 7) is 5.36. The summed E-state index contributed by atoms with van der Waals surface area (Å²) in [6.07, 6.45) is 0.978. The fourth-order valence-electron chi connectivity index (χ4n) is 4.93. The number of halogens is 3. The second-order valence-electron chi connectivity index (χ2n) is 10.1. The van der Waals surface area contributed by atoms with E-state index in [1.807, 2.05) is 0 Å². The first-order valence-electron chi connectivity index (χ1n) is 12.2. The first-order chi connectivity index (χ1) is 17.6. The summed E-state index contributed by atoms with van der Waals surface area (Å²) in [6, 6.07) is 5.29. The number of hydrogen-bond acceptors (Lipinski definition) is 6. The van der Waals surface area contributed by atoms with Gasteiger partial charge in [0.1, 0.15) is 22.6 Å². The van der Waals surface area contributed by atoms with Gasteiger partial charge >= 0.3 is 6.18 Å². The lowest BCUT2D eigenvalue weighted by Gasteiger charge is -2.36. The number of aromatic amines is 1. The molecule has 3 aromatic rings. The molecule has 2 aliphatic heterocycles. The van der Waals surface area contributed by atoms with Crippen molar-refractivity contribution in [3.8, 4) is 17.3 Å². The molecule has 12 heteroatoms. The quantitative estimate of drug-likeness (QED) is 0.449. The van der Waals surface area contributed by atoms with Crippen molar-refractivity contribution >= 4 is 33.5 Å². The van der Waals surface area contributed by atoms with Crippen molar-refractivity contribution in [3.05, 3.63) is 35.7 Å². The molecule has 0 saturated carbocycles. The molecule has 2 aliphatic rings. The fourth-order valence-corrected chi connectivity index (χ4v) is 6.33. The van der Waals surface area contributed by atoms with Crippen LogP contribution in [0.15, 0.2) is 24.5 Å². The highest BCUT2D eigenvalue weighted by Gasteiger charge is 2.37. The maximum Gasteiger partial charge on any atom is 0.419 e. The van der Waals surface area contributed by atoms with Crippen LogP contribution in [0.1, 0.15) is 50.7 Å². The first kappa shape index (κ1) is 25.5. The molecule has 0 radical (unpaired) electrons. The molecule has 1 aromatic carbocycles. The zero-order chi connectivity index (χ0) is 26.4. The number of piperidine rings is 1. The third kappa shape index (κ3) is 5.02. The van der Waals surface area contributed by atoms with Crippen molar-refractivity contribution < 1.29 is 17.4 Å². The monoisotopic (exact) mass is 531 g/mol. The van der Waals surface area contributed by atoms with Gasteiger partial charge in [-0.1, -0.05) is 6.07 Å². The molecular formula is C25H28F3N7OS. The summed E-state index contributed by atoms with van der Waals surface area (Å²) in [4.78, 5) is 11.4. The van der Waals surface area contributed by atoms with E-state index in [9.17, 15) is 22.6 Å². The van der Waals surface area contributed by atoms with Gasteiger partial charge in [-0.15, -0.1) is 0 Å². The number of aromatic nitrogens is 3. The maximum absolute atomic E-state index is 14.0. The van der Waals surface area contributed by atoms with Crippen LogP contribution < -0.4 is 14.9 Å². The first-order valence-corrected chi connectivity index (χ1v) is 13.5. The topological polar surface area (TPSA) is 110 Å². The summed E-state index contributed by atoms with van der Waals surface area (Å²) in [5.41, 5.74) is 0.261. The molecule has 2 unspecified atom stereocenters. The lowest BCUT2D eigenvalue weighted by molar-refractivity contribution is -0.137. The molecular weight excluding hydrogens is 503 g/mol. The van der Waals surface area contributed by atoms with Crippen LogP contribution in [0.3, 0.4) is 0 Å². The Kier molecular flexibility index (Phi) is 6.62. The molecule has 0 aliphatic carbocycles. The highest BCUT2D eigenvalue weighted by molar-refractivity contribution is 7.86. The highest BCUT2D eigenvalue weighted by atomic mass is 32.2. The Morgan fingerprint density at radius 2 is 2.11 bits per heavy atom. The SMILES string of the molecule is CC1(C)CCC(Nc2ncc(C(F)(F)F)c(-c3c[nH]c4c(N5CCCCS5=O)c(C#N)ccc34)n2)CN1. The Hall–Kier alpha value is -3.17. The van der Waals surface area contributed by atoms with Crippen molar-refractivity contribution in [1.29, 1.82) is 5.26 Å². The van der Waals surface area contributed by atoms with E-state index in [2.05, 4.69) is 45.5 Å². The van der Waals surface area contributed by atoms with Gasteiger partial charge in [-0.25, -0.2) is 14.2 Å². The van der Waals surface area contributed by atoms with Crippen molar-refractivity contribution in [2.45, 2.75) is 57.3 Å². The number of nitrogens with zero attached hydrogens (tertiary/aromatic N) is 4. The van der Waals surface area contributed by atoms with Crippen LogP contribution in [0, 0.1) is 11.3 Å². The lowest BCUT2D eigenvalue weighted by Crippen LogP contribution is -2.50. The lowest BCUT2D eigenvalue weighted by atomic mass is 9.91. The highest BCUT2D eigenvalue weighted by Crippen LogP contribution is 2.41. The fraction of sp³-hybridized carbons (Fsp3) is 0.480. The minimum atomic E-state index is -4.67. The zero-order valence-corrected chi connectivity index (χ0v) is 21.4. The molecule has 0 spiro atoms. The van der Waals surface area contributed by atoms with E-state index in [-0.39, 0.29) is 28.8 Å². The van der Waals surface area contributed by atoms with Crippen molar-refractivity contribution in [3.63, 3.8) is 0 Å². The van der Waals surface area contributed by atoms with E-state index in [1.165, 1.54) is 6.20 Å². The summed E-state index contributed by atoms with van der Waals surface area (Å²) in [5, 5.41) is 16.8. The molecule has 2 atom stereocenters. The van der Waals surface area contributed by atoms with Gasteiger partial charge in [0, 0.05) is 53.8 Å². The van der Waals surface area contributed by atoms with Gasteiger partial charge in [0.25, 0.3) is 0 Å². The molecule has 196 valence electrons. The summed E-state index contributed by atoms with van der Waals surface area (Å²) >= 11 is 0. The molecule has 2 saturated heterocycles. The maximum atomic E-state index is 14.0. The molecule has 5 rings (SSSR count). The Labute approximate surface area is 215 Å². The van der Waals surface area contributed by atoms with Gasteiger partial charge in [-0.2, -0.15) is 18.4 Å². The van der Waals surface area contributed by atoms with E-state index in [1.54, 1.807) is 16.4 Å². The number of nitrogens with one attached hydrogen (secondary N) is 3. The van der Waals surface area contributed by atoms with Crippen LogP contribution in [0.4, 0.5) is 24.8 Å². The minimum absolute atomic E-state index is 0.00634. The largest absolute Gasteiger partial charge is 0.419 e. The third-order valence-corrected chi connectivity index (χ3v) is 8.50. The van der Waals surface area contributed by atoms with E-state index < -0.39 is 22.7 Å². The molecule has 4 heterocycles. The minimum Gasteiger partial charge on any atom is -0.359 e. The predicted molar refractivity (Wildman–Crippen MR) is 137 cm³/mol. The Morgan fingerprint density at radius 1 is 1.30 bits per heavy atom. The molecule has 3 N–H and O–H groups in total. The molecule has 2 aromatic heterocycles. The van der Waals surface area contributed by atoms with Crippen LogP contribution in [-0.2, 0) is 17.2 Å². The van der Waals surface area contributed by atoms with Crippen LogP contribution in [0.5, 0.6) is 0 Å². The van der Waals surface area contributed by atoms with E-state index in [0.29, 0.717) is 41.0 Å². The average Bonchev–Trinajstić information content (AvgIpc) is 3.28. The number of anilines is 2. The standard InChI is InChI=1S/C25H28F3N7OS/c1-24(2)8-7-16(12-32-24)33-23-31-14-19(25(26,27)28)20(34-23)18-13-30-21-17(18)6-5-15(11-29)22(21)35-9-3-4-10-37(35)36/h5-6,13-14,16,30,32H,3-4,7-10,12H2,1-2H3,(H,31,33,34). The number of alkyl halides is 3. The van der Waals surface area contributed by atoms with Gasteiger partial charge in [0.2, 0.25) is 5.95 Å². The zero-order valence-electron chi connectivity index (χ0n) is 20.6. The Morgan fingerprint density at radius 3 is 2.78 bits per heavy atom. The van der Waals surface area contributed by atoms with Crippen LogP contribution >= 0.6 is 0 Å². The van der Waals surface area contributed by atoms with E-state index in [4.69, 9.17) is 0 Å². The molecule has 37 heavy (non-hydrogen) atoms. The smallest absolute Gasteiger partial charge is 0.359 e. The van der Waals surface area contributed by atoms with Crippen LogP contribution in [-0.4, -0.2) is 49.6 Å². The third-order valence-electron chi connectivity index (χ3n) is 7.00. The second-order valence-corrected chi connectivity index (χ2v) is 11.6. The van der Waals surface area contributed by atoms with Crippen molar-refractivity contribution in [2.75, 3.05) is 28.5 Å². The number of H-pyrrole nitrogens is 1. The normalized spacial score (nSPS) is 22.1. The van der Waals surface area contributed by atoms with E-state index in [0.717, 1.165) is 31.9 Å². The number of fused-ring (bicyclic) bond motifs is 1. The van der Waals surface area contributed by atoms with Gasteiger partial charge < -0.3 is 15.6 Å². The second kappa shape index (κ2) is 9.61.